The number of fused-ring (bicyclic) bond motifs is 1. The zero-order valence-corrected chi connectivity index (χ0v) is 15.0. The van der Waals surface area contributed by atoms with E-state index in [-0.39, 0.29) is 5.91 Å². The van der Waals surface area contributed by atoms with Gasteiger partial charge in [0.25, 0.3) is 0 Å². The number of hydrogen-bond acceptors (Lipinski definition) is 4. The van der Waals surface area contributed by atoms with Crippen LogP contribution in [-0.2, 0) is 11.3 Å². The molecule has 0 aliphatic heterocycles. The Labute approximate surface area is 152 Å². The highest BCUT2D eigenvalue weighted by Crippen LogP contribution is 2.13. The number of carbonyl (C=O) groups excluding carboxylic acids is 1. The number of imidazole rings is 1. The Balaban J connectivity index is 1.55. The molecule has 134 valence electrons. The Bertz CT molecular complexity index is 913. The first-order valence-electron chi connectivity index (χ1n) is 8.63. The molecule has 6 nitrogen and oxygen atoms in total. The third-order valence-corrected chi connectivity index (χ3v) is 4.04. The lowest BCUT2D eigenvalue weighted by molar-refractivity contribution is -0.121. The van der Waals surface area contributed by atoms with Crippen molar-refractivity contribution in [2.45, 2.75) is 26.8 Å². The number of aromatic nitrogens is 2. The molecule has 1 heterocycles. The van der Waals surface area contributed by atoms with E-state index in [0.29, 0.717) is 19.6 Å². The van der Waals surface area contributed by atoms with Crippen LogP contribution in [0, 0.1) is 0 Å². The molecule has 26 heavy (non-hydrogen) atoms. The molecule has 0 aliphatic carbocycles. The highest BCUT2D eigenvalue weighted by molar-refractivity contribution is 5.99. The summed E-state index contributed by atoms with van der Waals surface area (Å²) in [6.45, 7) is 5.00. The fraction of sp³-hybridized carbons (Fsp3) is 0.250. The van der Waals surface area contributed by atoms with Gasteiger partial charge < -0.3 is 9.30 Å². The Morgan fingerprint density at radius 2 is 1.96 bits per heavy atom. The molecule has 3 rings (SSSR count). The summed E-state index contributed by atoms with van der Waals surface area (Å²) in [7, 11) is 0. The van der Waals surface area contributed by atoms with Gasteiger partial charge in [-0.25, -0.2) is 10.4 Å². The normalized spacial score (nSPS) is 11.5. The van der Waals surface area contributed by atoms with Crippen LogP contribution in [0.25, 0.3) is 11.0 Å². The zero-order chi connectivity index (χ0) is 18.4. The van der Waals surface area contributed by atoms with Gasteiger partial charge in [0.1, 0.15) is 5.75 Å². The summed E-state index contributed by atoms with van der Waals surface area (Å²) in [5.41, 5.74) is 6.25. The van der Waals surface area contributed by atoms with Gasteiger partial charge in [0, 0.05) is 13.0 Å². The van der Waals surface area contributed by atoms with Gasteiger partial charge in [0.05, 0.1) is 29.7 Å². The van der Waals surface area contributed by atoms with Crippen molar-refractivity contribution in [3.63, 3.8) is 0 Å². The summed E-state index contributed by atoms with van der Waals surface area (Å²) in [5.74, 6) is 0.689. The number of nitrogens with zero attached hydrogens (tertiary/aromatic N) is 3. The van der Waals surface area contributed by atoms with E-state index in [1.807, 2.05) is 66.9 Å². The third kappa shape index (κ3) is 4.27. The van der Waals surface area contributed by atoms with Crippen LogP contribution in [0.4, 0.5) is 0 Å². The van der Waals surface area contributed by atoms with Gasteiger partial charge in [-0.15, -0.1) is 0 Å². The van der Waals surface area contributed by atoms with Gasteiger partial charge in [-0.2, -0.15) is 5.10 Å². The molecule has 0 radical (unpaired) electrons. The number of nitrogens with one attached hydrogen (secondary N) is 1. The average Bonchev–Trinajstić information content (AvgIpc) is 3.08. The Hall–Kier alpha value is -3.15. The van der Waals surface area contributed by atoms with Crippen LogP contribution >= 0.6 is 0 Å². The number of aryl methyl sites for hydroxylation is 1. The predicted molar refractivity (Wildman–Crippen MR) is 102 cm³/mol. The van der Waals surface area contributed by atoms with Crippen molar-refractivity contribution < 1.29 is 9.53 Å². The Kier molecular flexibility index (Phi) is 5.63. The van der Waals surface area contributed by atoms with E-state index in [1.54, 1.807) is 6.33 Å². The highest BCUT2D eigenvalue weighted by atomic mass is 16.5. The largest absolute Gasteiger partial charge is 0.494 e. The van der Waals surface area contributed by atoms with Crippen molar-refractivity contribution in [1.29, 1.82) is 0 Å². The molecule has 0 saturated heterocycles. The monoisotopic (exact) mass is 350 g/mol. The van der Waals surface area contributed by atoms with Crippen LogP contribution in [-0.4, -0.2) is 27.8 Å². The van der Waals surface area contributed by atoms with Crippen molar-refractivity contribution >= 4 is 22.7 Å². The quantitative estimate of drug-likeness (QED) is 0.525. The van der Waals surface area contributed by atoms with Gasteiger partial charge in [-0.3, -0.25) is 4.79 Å². The first-order chi connectivity index (χ1) is 12.7. The number of rotatable bonds is 7. The number of benzene rings is 2. The van der Waals surface area contributed by atoms with Gasteiger partial charge in [0.2, 0.25) is 5.91 Å². The lowest BCUT2D eigenvalue weighted by Gasteiger charge is -2.06. The van der Waals surface area contributed by atoms with Crippen LogP contribution in [0.3, 0.4) is 0 Å². The fourth-order valence-electron chi connectivity index (χ4n) is 2.64. The van der Waals surface area contributed by atoms with E-state index in [2.05, 4.69) is 15.5 Å². The molecule has 2 aromatic carbocycles. The number of amides is 1. The van der Waals surface area contributed by atoms with Crippen molar-refractivity contribution in [2.75, 3.05) is 6.61 Å². The minimum atomic E-state index is -0.131. The summed E-state index contributed by atoms with van der Waals surface area (Å²) < 4.78 is 7.39. The molecule has 1 N–H and O–H groups in total. The van der Waals surface area contributed by atoms with E-state index in [0.717, 1.165) is 28.1 Å². The van der Waals surface area contributed by atoms with E-state index in [1.165, 1.54) is 0 Å². The minimum absolute atomic E-state index is 0.131. The maximum absolute atomic E-state index is 12.1. The maximum atomic E-state index is 12.1. The average molecular weight is 350 g/mol. The lowest BCUT2D eigenvalue weighted by Crippen LogP contribution is -2.20. The molecule has 3 aromatic rings. The second-order valence-corrected chi connectivity index (χ2v) is 5.87. The van der Waals surface area contributed by atoms with Gasteiger partial charge in [0.15, 0.2) is 0 Å². The summed E-state index contributed by atoms with van der Waals surface area (Å²) in [6, 6.07) is 15.5. The smallest absolute Gasteiger partial charge is 0.241 e. The van der Waals surface area contributed by atoms with Crippen molar-refractivity contribution in [3.05, 3.63) is 60.4 Å². The van der Waals surface area contributed by atoms with Crippen LogP contribution in [0.15, 0.2) is 60.0 Å². The second kappa shape index (κ2) is 8.29. The standard InChI is InChI=1S/C20H22N4O2/c1-3-26-17-10-8-16(9-11-17)15(2)22-23-20(25)12-13-24-14-21-18-6-4-5-7-19(18)24/h4-11,14H,3,12-13H2,1-2H3,(H,23,25)/b22-15+. The predicted octanol–water partition coefficient (Wildman–Crippen LogP) is 3.37. The summed E-state index contributed by atoms with van der Waals surface area (Å²) in [5, 5.41) is 4.18. The third-order valence-electron chi connectivity index (χ3n) is 4.04. The lowest BCUT2D eigenvalue weighted by atomic mass is 10.1. The number of carbonyl (C=O) groups is 1. The molecule has 0 atom stereocenters. The van der Waals surface area contributed by atoms with Crippen LogP contribution in [0.1, 0.15) is 25.8 Å². The fourth-order valence-corrected chi connectivity index (χ4v) is 2.64. The molecular weight excluding hydrogens is 328 g/mol. The number of ether oxygens (including phenoxy) is 1. The molecular formula is C20H22N4O2. The summed E-state index contributed by atoms with van der Waals surface area (Å²) in [6.07, 6.45) is 2.09. The van der Waals surface area contributed by atoms with Gasteiger partial charge in [-0.05, 0) is 55.8 Å². The molecule has 0 bridgehead atoms. The van der Waals surface area contributed by atoms with E-state index in [9.17, 15) is 4.79 Å². The van der Waals surface area contributed by atoms with Crippen LogP contribution in [0.2, 0.25) is 0 Å². The van der Waals surface area contributed by atoms with Crippen molar-refractivity contribution in [1.82, 2.24) is 15.0 Å². The van der Waals surface area contributed by atoms with Crippen LogP contribution in [0.5, 0.6) is 5.75 Å². The molecule has 6 heteroatoms. The summed E-state index contributed by atoms with van der Waals surface area (Å²) in [4.78, 5) is 16.4. The molecule has 0 fully saturated rings. The molecule has 0 spiro atoms. The van der Waals surface area contributed by atoms with Crippen molar-refractivity contribution in [2.24, 2.45) is 5.10 Å². The number of hydrazone groups is 1. The number of para-hydroxylation sites is 2. The highest BCUT2D eigenvalue weighted by Gasteiger charge is 2.05. The van der Waals surface area contributed by atoms with Gasteiger partial charge in [-0.1, -0.05) is 12.1 Å². The van der Waals surface area contributed by atoms with Crippen LogP contribution < -0.4 is 10.2 Å². The minimum Gasteiger partial charge on any atom is -0.494 e. The number of hydrogen-bond donors (Lipinski definition) is 1. The van der Waals surface area contributed by atoms with E-state index < -0.39 is 0 Å². The van der Waals surface area contributed by atoms with E-state index >= 15 is 0 Å². The molecule has 0 unspecified atom stereocenters. The topological polar surface area (TPSA) is 68.5 Å². The second-order valence-electron chi connectivity index (χ2n) is 5.87. The maximum Gasteiger partial charge on any atom is 0.241 e. The SMILES string of the molecule is CCOc1ccc(/C(C)=N/NC(=O)CCn2cnc3ccccc32)cc1. The Morgan fingerprint density at radius 1 is 1.19 bits per heavy atom. The molecule has 1 aromatic heterocycles. The molecule has 1 amide bonds. The molecule has 0 aliphatic rings. The van der Waals surface area contributed by atoms with E-state index in [4.69, 9.17) is 4.74 Å². The first kappa shape index (κ1) is 17.7. The zero-order valence-electron chi connectivity index (χ0n) is 15.0. The van der Waals surface area contributed by atoms with Crippen molar-refractivity contribution in [3.8, 4) is 5.75 Å². The first-order valence-corrected chi connectivity index (χ1v) is 8.63. The Morgan fingerprint density at radius 3 is 2.73 bits per heavy atom. The molecule has 0 saturated carbocycles. The summed E-state index contributed by atoms with van der Waals surface area (Å²) >= 11 is 0. The van der Waals surface area contributed by atoms with Gasteiger partial charge >= 0.3 is 0 Å².